The third-order valence-electron chi connectivity index (χ3n) is 2.62. The van der Waals surface area contributed by atoms with Crippen molar-refractivity contribution in [2.24, 2.45) is 0 Å². The van der Waals surface area contributed by atoms with Gasteiger partial charge in [0.2, 0.25) is 5.88 Å². The summed E-state index contributed by atoms with van der Waals surface area (Å²) in [6, 6.07) is 4.74. The molecule has 0 radical (unpaired) electrons. The summed E-state index contributed by atoms with van der Waals surface area (Å²) in [4.78, 5) is 4.04. The minimum Gasteiger partial charge on any atom is -0.436 e. The number of ether oxygens (including phenoxy) is 1. The van der Waals surface area contributed by atoms with Crippen molar-refractivity contribution in [1.82, 2.24) is 4.98 Å². The lowest BCUT2D eigenvalue weighted by atomic mass is 10.3. The van der Waals surface area contributed by atoms with Gasteiger partial charge in [-0.05, 0) is 25.1 Å². The Morgan fingerprint density at radius 1 is 1.33 bits per heavy atom. The second kappa shape index (κ2) is 6.62. The quantitative estimate of drug-likeness (QED) is 0.918. The van der Waals surface area contributed by atoms with Gasteiger partial charge >= 0.3 is 0 Å². The van der Waals surface area contributed by atoms with Gasteiger partial charge in [-0.25, -0.2) is 18.0 Å². The second-order valence-corrected chi connectivity index (χ2v) is 5.73. The van der Waals surface area contributed by atoms with Crippen LogP contribution in [0, 0.1) is 18.6 Å². The first-order valence-corrected chi connectivity index (χ1v) is 7.56. The molecule has 0 fully saturated rings. The van der Waals surface area contributed by atoms with Crippen molar-refractivity contribution in [1.29, 1.82) is 0 Å². The predicted octanol–water partition coefficient (Wildman–Crippen LogP) is 3.56. The first kappa shape index (κ1) is 15.4. The maximum Gasteiger partial charge on any atom is 0.222 e. The lowest BCUT2D eigenvalue weighted by molar-refractivity contribution is 0.421. The van der Waals surface area contributed by atoms with Crippen molar-refractivity contribution in [3.05, 3.63) is 47.7 Å². The Kier molecular flexibility index (Phi) is 4.85. The molecule has 1 aromatic carbocycles. The van der Waals surface area contributed by atoms with Crippen LogP contribution in [-0.2, 0) is 11.0 Å². The van der Waals surface area contributed by atoms with E-state index in [1.807, 2.05) is 0 Å². The molecular weight excluding hydrogens is 298 g/mol. The van der Waals surface area contributed by atoms with Crippen molar-refractivity contribution in [2.45, 2.75) is 13.8 Å². The van der Waals surface area contributed by atoms with Crippen molar-refractivity contribution in [2.75, 3.05) is 10.5 Å². The van der Waals surface area contributed by atoms with E-state index in [-0.39, 0.29) is 11.6 Å². The van der Waals surface area contributed by atoms with Crippen LogP contribution in [0.1, 0.15) is 12.5 Å². The van der Waals surface area contributed by atoms with E-state index in [4.69, 9.17) is 4.74 Å². The van der Waals surface area contributed by atoms with E-state index in [9.17, 15) is 13.0 Å². The van der Waals surface area contributed by atoms with E-state index in [0.717, 1.165) is 12.1 Å². The first-order chi connectivity index (χ1) is 9.99. The van der Waals surface area contributed by atoms with Crippen LogP contribution in [0.5, 0.6) is 11.6 Å². The summed E-state index contributed by atoms with van der Waals surface area (Å²) in [5.74, 6) is -0.909. The molecular formula is C14H14F2N2O2S. The molecule has 2 aromatic rings. The number of aryl methyl sites for hydroxylation is 1. The van der Waals surface area contributed by atoms with Gasteiger partial charge in [-0.3, -0.25) is 0 Å². The SMILES string of the molecule is CCS(=O)Nc1cnc(Oc2ccc(F)cc2F)c(C)c1. The third kappa shape index (κ3) is 3.98. The van der Waals surface area contributed by atoms with Crippen LogP contribution >= 0.6 is 0 Å². The molecule has 21 heavy (non-hydrogen) atoms. The van der Waals surface area contributed by atoms with E-state index in [1.165, 1.54) is 12.3 Å². The van der Waals surface area contributed by atoms with E-state index in [1.54, 1.807) is 19.9 Å². The molecule has 0 aliphatic carbocycles. The van der Waals surface area contributed by atoms with Crippen LogP contribution in [0.3, 0.4) is 0 Å². The number of hydrogen-bond acceptors (Lipinski definition) is 3. The lowest BCUT2D eigenvalue weighted by Crippen LogP contribution is -2.06. The summed E-state index contributed by atoms with van der Waals surface area (Å²) in [5, 5.41) is 0. The maximum absolute atomic E-state index is 13.5. The molecule has 0 aliphatic heterocycles. The Morgan fingerprint density at radius 2 is 2.10 bits per heavy atom. The molecule has 4 nitrogen and oxygen atoms in total. The third-order valence-corrected chi connectivity index (χ3v) is 3.61. The van der Waals surface area contributed by atoms with Crippen LogP contribution in [0.4, 0.5) is 14.5 Å². The number of benzene rings is 1. The van der Waals surface area contributed by atoms with Gasteiger partial charge in [0.25, 0.3) is 0 Å². The summed E-state index contributed by atoms with van der Waals surface area (Å²) in [6.07, 6.45) is 1.44. The highest BCUT2D eigenvalue weighted by atomic mass is 32.2. The van der Waals surface area contributed by atoms with Crippen LogP contribution < -0.4 is 9.46 Å². The number of rotatable bonds is 5. The standard InChI is InChI=1S/C14H14F2N2O2S/c1-3-21(19)18-11-6-9(2)14(17-8-11)20-13-5-4-10(15)7-12(13)16/h4-8,18H,3H2,1-2H3. The number of nitrogens with zero attached hydrogens (tertiary/aromatic N) is 1. The Hall–Kier alpha value is -2.02. The summed E-state index contributed by atoms with van der Waals surface area (Å²) in [6.45, 7) is 3.52. The van der Waals surface area contributed by atoms with Gasteiger partial charge in [0, 0.05) is 17.4 Å². The fourth-order valence-corrected chi connectivity index (χ4v) is 2.11. The Balaban J connectivity index is 2.19. The number of anilines is 1. The minimum absolute atomic E-state index is 0.107. The fraction of sp³-hybridized carbons (Fsp3) is 0.214. The van der Waals surface area contributed by atoms with Crippen molar-refractivity contribution < 1.29 is 17.7 Å². The number of pyridine rings is 1. The van der Waals surface area contributed by atoms with E-state index in [0.29, 0.717) is 17.0 Å². The van der Waals surface area contributed by atoms with Gasteiger partial charge < -0.3 is 9.46 Å². The zero-order valence-corrected chi connectivity index (χ0v) is 12.3. The number of halogens is 2. The fourth-order valence-electron chi connectivity index (χ4n) is 1.59. The second-order valence-electron chi connectivity index (χ2n) is 4.26. The van der Waals surface area contributed by atoms with Crippen LogP contribution in [-0.4, -0.2) is 14.9 Å². The number of nitrogens with one attached hydrogen (secondary N) is 1. The average molecular weight is 312 g/mol. The van der Waals surface area contributed by atoms with Gasteiger partial charge in [0.1, 0.15) is 16.8 Å². The molecule has 112 valence electrons. The average Bonchev–Trinajstić information content (AvgIpc) is 2.44. The molecule has 0 bridgehead atoms. The Bertz CT molecular complexity index is 680. The Morgan fingerprint density at radius 3 is 2.71 bits per heavy atom. The molecule has 1 heterocycles. The summed E-state index contributed by atoms with van der Waals surface area (Å²) < 4.78 is 45.8. The van der Waals surface area contributed by atoms with Crippen molar-refractivity contribution >= 4 is 16.7 Å². The van der Waals surface area contributed by atoms with Crippen molar-refractivity contribution in [3.63, 3.8) is 0 Å². The first-order valence-electron chi connectivity index (χ1n) is 6.24. The molecule has 1 atom stereocenters. The molecule has 1 aromatic heterocycles. The molecule has 0 aliphatic rings. The molecule has 0 amide bonds. The Labute approximate surface area is 123 Å². The number of hydrogen-bond donors (Lipinski definition) is 1. The molecule has 0 saturated heterocycles. The van der Waals surface area contributed by atoms with Crippen LogP contribution in [0.15, 0.2) is 30.5 Å². The van der Waals surface area contributed by atoms with E-state index in [2.05, 4.69) is 9.71 Å². The highest BCUT2D eigenvalue weighted by molar-refractivity contribution is 7.86. The molecule has 0 spiro atoms. The van der Waals surface area contributed by atoms with E-state index < -0.39 is 22.6 Å². The topological polar surface area (TPSA) is 51.2 Å². The normalized spacial score (nSPS) is 12.0. The summed E-state index contributed by atoms with van der Waals surface area (Å²) in [5.41, 5.74) is 1.22. The zero-order chi connectivity index (χ0) is 15.4. The zero-order valence-electron chi connectivity index (χ0n) is 11.5. The van der Waals surface area contributed by atoms with Gasteiger partial charge in [-0.2, -0.15) is 0 Å². The number of aromatic nitrogens is 1. The minimum atomic E-state index is -1.17. The van der Waals surface area contributed by atoms with Gasteiger partial charge in [0.05, 0.1) is 11.9 Å². The molecule has 1 unspecified atom stereocenters. The highest BCUT2D eigenvalue weighted by Gasteiger charge is 2.10. The lowest BCUT2D eigenvalue weighted by Gasteiger charge is -2.10. The molecule has 0 saturated carbocycles. The summed E-state index contributed by atoms with van der Waals surface area (Å²) >= 11 is 0. The largest absolute Gasteiger partial charge is 0.436 e. The van der Waals surface area contributed by atoms with Gasteiger partial charge in [0.15, 0.2) is 11.6 Å². The van der Waals surface area contributed by atoms with Gasteiger partial charge in [-0.15, -0.1) is 0 Å². The maximum atomic E-state index is 13.5. The molecule has 2 rings (SSSR count). The highest BCUT2D eigenvalue weighted by Crippen LogP contribution is 2.27. The van der Waals surface area contributed by atoms with Crippen molar-refractivity contribution in [3.8, 4) is 11.6 Å². The predicted molar refractivity (Wildman–Crippen MR) is 77.7 cm³/mol. The monoisotopic (exact) mass is 312 g/mol. The van der Waals surface area contributed by atoms with Gasteiger partial charge in [-0.1, -0.05) is 6.92 Å². The molecule has 1 N–H and O–H groups in total. The smallest absolute Gasteiger partial charge is 0.222 e. The molecule has 7 heteroatoms. The van der Waals surface area contributed by atoms with E-state index >= 15 is 0 Å². The van der Waals surface area contributed by atoms with Crippen LogP contribution in [0.25, 0.3) is 0 Å². The summed E-state index contributed by atoms with van der Waals surface area (Å²) in [7, 11) is -1.17. The van der Waals surface area contributed by atoms with Crippen LogP contribution in [0.2, 0.25) is 0 Å².